The Morgan fingerprint density at radius 2 is 1.92 bits per heavy atom. The van der Waals surface area contributed by atoms with E-state index < -0.39 is 0 Å². The van der Waals surface area contributed by atoms with Gasteiger partial charge in [0.05, 0.1) is 6.54 Å². The van der Waals surface area contributed by atoms with Crippen LogP contribution >= 0.6 is 0 Å². The molecular weight excluding hydrogens is 314 g/mol. The van der Waals surface area contributed by atoms with Gasteiger partial charge in [-0.2, -0.15) is 0 Å². The van der Waals surface area contributed by atoms with Crippen molar-refractivity contribution < 1.29 is 4.79 Å². The van der Waals surface area contributed by atoms with Crippen molar-refractivity contribution in [1.82, 2.24) is 24.4 Å². The number of aryl methyl sites for hydroxylation is 2. The van der Waals surface area contributed by atoms with Crippen LogP contribution in [0.4, 0.5) is 0 Å². The number of nitrogens with zero attached hydrogens (tertiary/aromatic N) is 5. The summed E-state index contributed by atoms with van der Waals surface area (Å²) in [5, 5.41) is 0. The Kier molecular flexibility index (Phi) is 4.88. The Balaban J connectivity index is 1.74. The van der Waals surface area contributed by atoms with E-state index in [2.05, 4.69) is 31.7 Å². The highest BCUT2D eigenvalue weighted by atomic mass is 16.2. The largest absolute Gasteiger partial charge is 0.333 e. The van der Waals surface area contributed by atoms with Crippen molar-refractivity contribution in [3.05, 3.63) is 77.4 Å². The number of rotatable bonds is 5. The van der Waals surface area contributed by atoms with Crippen molar-refractivity contribution in [2.45, 2.75) is 26.9 Å². The Hall–Kier alpha value is -3.02. The summed E-state index contributed by atoms with van der Waals surface area (Å²) in [6.07, 6.45) is 3.69. The summed E-state index contributed by atoms with van der Waals surface area (Å²) >= 11 is 0. The van der Waals surface area contributed by atoms with E-state index in [0.29, 0.717) is 18.1 Å². The summed E-state index contributed by atoms with van der Waals surface area (Å²) in [6, 6.07) is 11.9. The van der Waals surface area contributed by atoms with Crippen molar-refractivity contribution in [2.75, 3.05) is 7.05 Å². The lowest BCUT2D eigenvalue weighted by Gasteiger charge is -2.18. The maximum Gasteiger partial charge on any atom is 0.272 e. The third-order valence-electron chi connectivity index (χ3n) is 3.91. The summed E-state index contributed by atoms with van der Waals surface area (Å²) in [4.78, 5) is 27.1. The molecule has 0 fully saturated rings. The smallest absolute Gasteiger partial charge is 0.272 e. The van der Waals surface area contributed by atoms with Crippen LogP contribution in [0.15, 0.2) is 48.8 Å². The average Bonchev–Trinajstić information content (AvgIpc) is 3.01. The summed E-state index contributed by atoms with van der Waals surface area (Å²) in [6.45, 7) is 4.79. The second-order valence-corrected chi connectivity index (χ2v) is 6.06. The molecule has 6 nitrogen and oxygen atoms in total. The van der Waals surface area contributed by atoms with Gasteiger partial charge in [0, 0.05) is 31.7 Å². The molecule has 0 aliphatic heterocycles. The molecule has 2 heterocycles. The van der Waals surface area contributed by atoms with E-state index in [4.69, 9.17) is 0 Å². The highest BCUT2D eigenvalue weighted by molar-refractivity contribution is 5.92. The molecule has 0 saturated heterocycles. The van der Waals surface area contributed by atoms with E-state index in [-0.39, 0.29) is 5.91 Å². The molecule has 25 heavy (non-hydrogen) atoms. The van der Waals surface area contributed by atoms with Crippen molar-refractivity contribution in [3.8, 4) is 0 Å². The van der Waals surface area contributed by atoms with Gasteiger partial charge < -0.3 is 9.47 Å². The standard InChI is InChI=1S/C19H21N5O/c1-14-11-17(22-15(2)21-14)19(25)23(3)13-18-20-9-10-24(18)12-16-7-5-4-6-8-16/h4-11H,12-13H2,1-3H3. The van der Waals surface area contributed by atoms with E-state index in [0.717, 1.165) is 18.1 Å². The predicted octanol–water partition coefficient (Wildman–Crippen LogP) is 2.61. The second kappa shape index (κ2) is 7.25. The SMILES string of the molecule is Cc1cc(C(=O)N(C)Cc2nccn2Cc2ccccc2)nc(C)n1. The van der Waals surface area contributed by atoms with Gasteiger partial charge in [-0.3, -0.25) is 4.79 Å². The number of imidazole rings is 1. The number of hydrogen-bond donors (Lipinski definition) is 0. The molecule has 0 N–H and O–H groups in total. The molecule has 3 rings (SSSR count). The second-order valence-electron chi connectivity index (χ2n) is 6.06. The van der Waals surface area contributed by atoms with E-state index in [9.17, 15) is 4.79 Å². The van der Waals surface area contributed by atoms with E-state index >= 15 is 0 Å². The van der Waals surface area contributed by atoms with Crippen molar-refractivity contribution in [1.29, 1.82) is 0 Å². The van der Waals surface area contributed by atoms with Crippen LogP contribution in [0.2, 0.25) is 0 Å². The van der Waals surface area contributed by atoms with E-state index in [1.807, 2.05) is 31.3 Å². The van der Waals surface area contributed by atoms with Gasteiger partial charge in [-0.05, 0) is 25.5 Å². The third kappa shape index (κ3) is 4.09. The monoisotopic (exact) mass is 335 g/mol. The molecule has 0 aliphatic carbocycles. The van der Waals surface area contributed by atoms with Gasteiger partial charge in [0.1, 0.15) is 17.3 Å². The number of carbonyl (C=O) groups excluding carboxylic acids is 1. The van der Waals surface area contributed by atoms with E-state index in [1.165, 1.54) is 5.56 Å². The first-order chi connectivity index (χ1) is 12.0. The molecule has 0 bridgehead atoms. The molecule has 2 aromatic heterocycles. The molecule has 0 aliphatic rings. The van der Waals surface area contributed by atoms with Crippen LogP contribution < -0.4 is 0 Å². The molecule has 3 aromatic rings. The van der Waals surface area contributed by atoms with E-state index in [1.54, 1.807) is 31.1 Å². The zero-order valence-electron chi connectivity index (χ0n) is 14.7. The Labute approximate surface area is 147 Å². The first-order valence-corrected chi connectivity index (χ1v) is 8.14. The summed E-state index contributed by atoms with van der Waals surface area (Å²) in [5.41, 5.74) is 2.39. The first kappa shape index (κ1) is 16.8. The molecule has 1 amide bonds. The molecule has 0 atom stereocenters. The lowest BCUT2D eigenvalue weighted by atomic mass is 10.2. The Bertz CT molecular complexity index is 852. The fraction of sp³-hybridized carbons (Fsp3) is 0.263. The van der Waals surface area contributed by atoms with Crippen molar-refractivity contribution in [3.63, 3.8) is 0 Å². The first-order valence-electron chi connectivity index (χ1n) is 8.14. The zero-order valence-corrected chi connectivity index (χ0v) is 14.7. The number of carbonyl (C=O) groups is 1. The number of aromatic nitrogens is 4. The molecule has 0 unspecified atom stereocenters. The zero-order chi connectivity index (χ0) is 17.8. The number of amides is 1. The van der Waals surface area contributed by atoms with Crippen LogP contribution in [0.3, 0.4) is 0 Å². The fourth-order valence-electron chi connectivity index (χ4n) is 2.72. The van der Waals surface area contributed by atoms with Crippen LogP contribution in [0.1, 0.15) is 33.4 Å². The molecule has 1 aromatic carbocycles. The minimum atomic E-state index is -0.136. The summed E-state index contributed by atoms with van der Waals surface area (Å²) in [7, 11) is 1.76. The van der Waals surface area contributed by atoms with Gasteiger partial charge in [0.25, 0.3) is 5.91 Å². The number of hydrogen-bond acceptors (Lipinski definition) is 4. The van der Waals surface area contributed by atoms with Crippen LogP contribution in [0, 0.1) is 13.8 Å². The summed E-state index contributed by atoms with van der Waals surface area (Å²) in [5.74, 6) is 1.30. The number of benzene rings is 1. The minimum Gasteiger partial charge on any atom is -0.333 e. The Morgan fingerprint density at radius 1 is 1.16 bits per heavy atom. The molecule has 0 saturated carbocycles. The highest BCUT2D eigenvalue weighted by Crippen LogP contribution is 2.10. The summed E-state index contributed by atoms with van der Waals surface area (Å²) < 4.78 is 2.05. The van der Waals surface area contributed by atoms with Crippen molar-refractivity contribution >= 4 is 5.91 Å². The predicted molar refractivity (Wildman–Crippen MR) is 95.1 cm³/mol. The van der Waals surface area contributed by atoms with Gasteiger partial charge in [0.2, 0.25) is 0 Å². The Morgan fingerprint density at radius 3 is 2.64 bits per heavy atom. The van der Waals surface area contributed by atoms with Gasteiger partial charge in [-0.1, -0.05) is 30.3 Å². The normalized spacial score (nSPS) is 10.7. The molecule has 6 heteroatoms. The van der Waals surface area contributed by atoms with Crippen LogP contribution in [0.5, 0.6) is 0 Å². The molecule has 128 valence electrons. The van der Waals surface area contributed by atoms with Gasteiger partial charge in [-0.15, -0.1) is 0 Å². The van der Waals surface area contributed by atoms with Gasteiger partial charge >= 0.3 is 0 Å². The molecule has 0 spiro atoms. The highest BCUT2D eigenvalue weighted by Gasteiger charge is 2.17. The van der Waals surface area contributed by atoms with Crippen LogP contribution in [-0.2, 0) is 13.1 Å². The van der Waals surface area contributed by atoms with Crippen LogP contribution in [-0.4, -0.2) is 37.4 Å². The molecule has 0 radical (unpaired) electrons. The molecular formula is C19H21N5O. The van der Waals surface area contributed by atoms with Gasteiger partial charge in [0.15, 0.2) is 0 Å². The lowest BCUT2D eigenvalue weighted by molar-refractivity contribution is 0.0774. The van der Waals surface area contributed by atoms with Gasteiger partial charge in [-0.25, -0.2) is 15.0 Å². The third-order valence-corrected chi connectivity index (χ3v) is 3.91. The quantitative estimate of drug-likeness (QED) is 0.719. The van der Waals surface area contributed by atoms with Crippen molar-refractivity contribution in [2.24, 2.45) is 0 Å². The lowest BCUT2D eigenvalue weighted by Crippen LogP contribution is -2.29. The average molecular weight is 335 g/mol. The maximum absolute atomic E-state index is 12.6. The topological polar surface area (TPSA) is 63.9 Å². The fourth-order valence-corrected chi connectivity index (χ4v) is 2.72. The maximum atomic E-state index is 12.6. The van der Waals surface area contributed by atoms with Crippen LogP contribution in [0.25, 0.3) is 0 Å². The minimum absolute atomic E-state index is 0.136.